The molecule has 1 rings (SSSR count). The molecule has 1 aromatic heterocycles. The molecule has 1 aromatic rings. The fraction of sp³-hybridized carbons (Fsp3) is 0.615. The molecular weight excluding hydrogens is 200 g/mol. The minimum Gasteiger partial charge on any atom is -0.493 e. The van der Waals surface area contributed by atoms with Crippen molar-refractivity contribution >= 4 is 0 Å². The molecule has 0 unspecified atom stereocenters. The predicted octanol–water partition coefficient (Wildman–Crippen LogP) is 2.68. The first-order valence-electron chi connectivity index (χ1n) is 6.07. The Labute approximate surface area is 98.2 Å². The Kier molecular flexibility index (Phi) is 5.86. The molecule has 0 aromatic carbocycles. The monoisotopic (exact) mass is 222 g/mol. The van der Waals surface area contributed by atoms with Gasteiger partial charge in [0, 0.05) is 30.1 Å². The number of unbranched alkanes of at least 4 members (excludes halogenated alkanes) is 1. The Balaban J connectivity index is 2.65. The highest BCUT2D eigenvalue weighted by Gasteiger charge is 2.04. The molecule has 0 bridgehead atoms. The van der Waals surface area contributed by atoms with Crippen molar-refractivity contribution in [3.8, 4) is 5.75 Å². The highest BCUT2D eigenvalue weighted by molar-refractivity contribution is 5.32. The lowest BCUT2D eigenvalue weighted by Gasteiger charge is -2.11. The molecule has 16 heavy (non-hydrogen) atoms. The lowest BCUT2D eigenvalue weighted by molar-refractivity contribution is 0.305. The van der Waals surface area contributed by atoms with E-state index in [0.717, 1.165) is 49.5 Å². The van der Waals surface area contributed by atoms with Crippen molar-refractivity contribution in [2.75, 3.05) is 13.2 Å². The van der Waals surface area contributed by atoms with Crippen LogP contribution >= 0.6 is 0 Å². The molecule has 0 radical (unpaired) electrons. The zero-order valence-electron chi connectivity index (χ0n) is 10.5. The van der Waals surface area contributed by atoms with Gasteiger partial charge in [-0.25, -0.2) is 0 Å². The third-order valence-electron chi connectivity index (χ3n) is 2.40. The molecule has 1 heterocycles. The molecule has 0 aliphatic heterocycles. The zero-order valence-corrected chi connectivity index (χ0v) is 10.5. The molecule has 0 aliphatic carbocycles. The van der Waals surface area contributed by atoms with Crippen LogP contribution in [0.3, 0.4) is 0 Å². The van der Waals surface area contributed by atoms with E-state index in [2.05, 4.69) is 24.1 Å². The van der Waals surface area contributed by atoms with Gasteiger partial charge in [-0.3, -0.25) is 4.98 Å². The van der Waals surface area contributed by atoms with E-state index in [4.69, 9.17) is 4.74 Å². The van der Waals surface area contributed by atoms with Crippen LogP contribution in [0.5, 0.6) is 5.75 Å². The number of hydrogen-bond acceptors (Lipinski definition) is 3. The van der Waals surface area contributed by atoms with Gasteiger partial charge in [-0.1, -0.05) is 20.3 Å². The van der Waals surface area contributed by atoms with Crippen LogP contribution in [0.4, 0.5) is 0 Å². The first kappa shape index (κ1) is 13.0. The van der Waals surface area contributed by atoms with Gasteiger partial charge in [-0.2, -0.15) is 0 Å². The third kappa shape index (κ3) is 4.19. The van der Waals surface area contributed by atoms with Crippen LogP contribution in [0.15, 0.2) is 12.3 Å². The third-order valence-corrected chi connectivity index (χ3v) is 2.40. The van der Waals surface area contributed by atoms with Gasteiger partial charge >= 0.3 is 0 Å². The fourth-order valence-electron chi connectivity index (χ4n) is 1.42. The lowest BCUT2D eigenvalue weighted by Crippen LogP contribution is -2.13. The molecule has 0 saturated heterocycles. The summed E-state index contributed by atoms with van der Waals surface area (Å²) in [6.07, 6.45) is 4.16. The van der Waals surface area contributed by atoms with Crippen LogP contribution in [0, 0.1) is 6.92 Å². The minimum atomic E-state index is 0.791. The number of rotatable bonds is 7. The molecule has 0 amide bonds. The summed E-state index contributed by atoms with van der Waals surface area (Å²) in [7, 11) is 0. The summed E-state index contributed by atoms with van der Waals surface area (Å²) in [5, 5.41) is 3.29. The van der Waals surface area contributed by atoms with Gasteiger partial charge in [0.2, 0.25) is 0 Å². The number of aromatic nitrogens is 1. The van der Waals surface area contributed by atoms with Crippen LogP contribution in [0.25, 0.3) is 0 Å². The Morgan fingerprint density at radius 2 is 2.19 bits per heavy atom. The first-order valence-corrected chi connectivity index (χ1v) is 6.07. The molecule has 0 saturated carbocycles. The highest BCUT2D eigenvalue weighted by atomic mass is 16.5. The average Bonchev–Trinajstić information content (AvgIpc) is 2.28. The maximum absolute atomic E-state index is 5.78. The first-order chi connectivity index (χ1) is 7.77. The zero-order chi connectivity index (χ0) is 11.8. The predicted molar refractivity (Wildman–Crippen MR) is 66.8 cm³/mol. The van der Waals surface area contributed by atoms with Crippen LogP contribution in [-0.2, 0) is 6.54 Å². The van der Waals surface area contributed by atoms with Gasteiger partial charge in [0.05, 0.1) is 6.61 Å². The fourth-order valence-corrected chi connectivity index (χ4v) is 1.42. The molecule has 1 N–H and O–H groups in total. The van der Waals surface area contributed by atoms with E-state index in [1.54, 1.807) is 0 Å². The van der Waals surface area contributed by atoms with E-state index in [1.165, 1.54) is 0 Å². The maximum atomic E-state index is 5.78. The summed E-state index contributed by atoms with van der Waals surface area (Å²) in [6.45, 7) is 8.83. The van der Waals surface area contributed by atoms with Crippen LogP contribution < -0.4 is 10.1 Å². The summed E-state index contributed by atoms with van der Waals surface area (Å²) < 4.78 is 5.78. The number of nitrogens with zero attached hydrogens (tertiary/aromatic N) is 1. The van der Waals surface area contributed by atoms with Crippen molar-refractivity contribution in [1.29, 1.82) is 0 Å². The maximum Gasteiger partial charge on any atom is 0.127 e. The summed E-state index contributed by atoms with van der Waals surface area (Å²) in [4.78, 5) is 4.30. The Morgan fingerprint density at radius 1 is 1.38 bits per heavy atom. The molecular formula is C13H22N2O. The van der Waals surface area contributed by atoms with Gasteiger partial charge in [-0.15, -0.1) is 0 Å². The topological polar surface area (TPSA) is 34.1 Å². The van der Waals surface area contributed by atoms with E-state index in [-0.39, 0.29) is 0 Å². The largest absolute Gasteiger partial charge is 0.493 e. The standard InChI is InChI=1S/C13H22N2O/c1-4-6-7-16-13-8-11(3)15-10-12(13)9-14-5-2/h8,10,14H,4-7,9H2,1-3H3. The quantitative estimate of drug-likeness (QED) is 0.720. The molecule has 0 fully saturated rings. The summed E-state index contributed by atoms with van der Waals surface area (Å²) in [5.41, 5.74) is 2.15. The van der Waals surface area contributed by atoms with Crippen molar-refractivity contribution < 1.29 is 4.74 Å². The minimum absolute atomic E-state index is 0.791. The number of ether oxygens (including phenoxy) is 1. The molecule has 3 nitrogen and oxygen atoms in total. The van der Waals surface area contributed by atoms with Crippen LogP contribution in [0.1, 0.15) is 37.9 Å². The van der Waals surface area contributed by atoms with Gasteiger partial charge in [0.1, 0.15) is 5.75 Å². The Hall–Kier alpha value is -1.09. The van der Waals surface area contributed by atoms with E-state index < -0.39 is 0 Å². The molecule has 0 spiro atoms. The van der Waals surface area contributed by atoms with Crippen molar-refractivity contribution in [3.63, 3.8) is 0 Å². The van der Waals surface area contributed by atoms with Crippen molar-refractivity contribution in [3.05, 3.63) is 23.5 Å². The SMILES string of the molecule is CCCCOc1cc(C)ncc1CNCC. The smallest absolute Gasteiger partial charge is 0.127 e. The van der Waals surface area contributed by atoms with Crippen molar-refractivity contribution in [2.45, 2.75) is 40.2 Å². The normalized spacial score (nSPS) is 10.4. The van der Waals surface area contributed by atoms with Gasteiger partial charge < -0.3 is 10.1 Å². The molecule has 0 aliphatic rings. The average molecular weight is 222 g/mol. The van der Waals surface area contributed by atoms with Crippen LogP contribution in [0.2, 0.25) is 0 Å². The van der Waals surface area contributed by atoms with Crippen molar-refractivity contribution in [2.24, 2.45) is 0 Å². The van der Waals surface area contributed by atoms with E-state index >= 15 is 0 Å². The summed E-state index contributed by atoms with van der Waals surface area (Å²) >= 11 is 0. The molecule has 3 heteroatoms. The number of pyridine rings is 1. The number of hydrogen-bond donors (Lipinski definition) is 1. The van der Waals surface area contributed by atoms with E-state index in [0.29, 0.717) is 0 Å². The number of nitrogens with one attached hydrogen (secondary N) is 1. The van der Waals surface area contributed by atoms with Crippen LogP contribution in [-0.4, -0.2) is 18.1 Å². The van der Waals surface area contributed by atoms with Gasteiger partial charge in [0.15, 0.2) is 0 Å². The van der Waals surface area contributed by atoms with E-state index in [1.807, 2.05) is 19.2 Å². The Morgan fingerprint density at radius 3 is 2.88 bits per heavy atom. The second-order valence-corrected chi connectivity index (χ2v) is 3.92. The lowest BCUT2D eigenvalue weighted by atomic mass is 10.2. The Bertz CT molecular complexity index is 313. The summed E-state index contributed by atoms with van der Waals surface area (Å²) in [5.74, 6) is 0.974. The number of aryl methyl sites for hydroxylation is 1. The second-order valence-electron chi connectivity index (χ2n) is 3.92. The summed E-state index contributed by atoms with van der Waals surface area (Å²) in [6, 6.07) is 2.02. The molecule has 0 atom stereocenters. The van der Waals surface area contributed by atoms with E-state index in [9.17, 15) is 0 Å². The second kappa shape index (κ2) is 7.23. The highest BCUT2D eigenvalue weighted by Crippen LogP contribution is 2.18. The van der Waals surface area contributed by atoms with Gasteiger partial charge in [-0.05, 0) is 19.9 Å². The molecule has 90 valence electrons. The van der Waals surface area contributed by atoms with Gasteiger partial charge in [0.25, 0.3) is 0 Å². The van der Waals surface area contributed by atoms with Crippen molar-refractivity contribution in [1.82, 2.24) is 10.3 Å².